The lowest BCUT2D eigenvalue weighted by molar-refractivity contribution is 0.441. The Labute approximate surface area is 137 Å². The van der Waals surface area contributed by atoms with Gasteiger partial charge in [0.15, 0.2) is 0 Å². The molecule has 0 N–H and O–H groups in total. The van der Waals surface area contributed by atoms with Crippen LogP contribution in [-0.4, -0.2) is 24.3 Å². The molecule has 0 bridgehead atoms. The Hall–Kier alpha value is -0.920. The molecule has 0 saturated carbocycles. The second-order valence-electron chi connectivity index (χ2n) is 4.08. The van der Waals surface area contributed by atoms with E-state index in [1.807, 2.05) is 0 Å². The number of hydrogen-bond acceptors (Lipinski definition) is 4. The number of halogens is 2. The highest BCUT2D eigenvalue weighted by atomic mass is 35.5. The van der Waals surface area contributed by atoms with Gasteiger partial charge >= 0.3 is 0 Å². The van der Waals surface area contributed by atoms with Gasteiger partial charge in [-0.05, 0) is 24.3 Å². The lowest BCUT2D eigenvalue weighted by atomic mass is 10.4. The number of nitrogens with zero attached hydrogens (tertiary/aromatic N) is 2. The van der Waals surface area contributed by atoms with Crippen LogP contribution in [0.4, 0.5) is 0 Å². The van der Waals surface area contributed by atoms with Gasteiger partial charge in [0.1, 0.15) is 10.0 Å². The van der Waals surface area contributed by atoms with Crippen LogP contribution in [0.15, 0.2) is 48.0 Å². The zero-order valence-electron chi connectivity index (χ0n) is 10.9. The summed E-state index contributed by atoms with van der Waals surface area (Å²) in [5.41, 5.74) is 0. The van der Waals surface area contributed by atoms with Crippen LogP contribution < -0.4 is 0 Å². The zero-order chi connectivity index (χ0) is 15.5. The highest BCUT2D eigenvalue weighted by Gasteiger charge is 2.26. The van der Waals surface area contributed by atoms with Crippen molar-refractivity contribution in [3.63, 3.8) is 0 Å². The minimum absolute atomic E-state index is 0.0174. The van der Waals surface area contributed by atoms with Gasteiger partial charge in [-0.1, -0.05) is 29.3 Å². The average Bonchev–Trinajstić information content (AvgIpc) is 2.84. The van der Waals surface area contributed by atoms with Crippen LogP contribution in [-0.2, 0) is 16.6 Å². The summed E-state index contributed by atoms with van der Waals surface area (Å²) in [5, 5.41) is -0.0456. The number of thiophene rings is 1. The molecule has 0 amide bonds. The highest BCUT2D eigenvalue weighted by Crippen LogP contribution is 2.27. The van der Waals surface area contributed by atoms with Crippen molar-refractivity contribution >= 4 is 44.6 Å². The number of aromatic nitrogens is 1. The monoisotopic (exact) mass is 362 g/mol. The SMILES string of the molecule is C=CCN(Cc1ccc(Cl)s1)S(=O)(=O)c1cccnc1Cl. The fourth-order valence-corrected chi connectivity index (χ4v) is 4.71. The summed E-state index contributed by atoms with van der Waals surface area (Å²) in [6.07, 6.45) is 2.97. The van der Waals surface area contributed by atoms with E-state index in [2.05, 4.69) is 11.6 Å². The predicted octanol–water partition coefficient (Wildman–Crippen LogP) is 3.83. The first-order valence-corrected chi connectivity index (χ1v) is 8.92. The number of hydrogen-bond donors (Lipinski definition) is 0. The van der Waals surface area contributed by atoms with Gasteiger partial charge < -0.3 is 0 Å². The highest BCUT2D eigenvalue weighted by molar-refractivity contribution is 7.89. The molecule has 0 radical (unpaired) electrons. The maximum Gasteiger partial charge on any atom is 0.246 e. The lowest BCUT2D eigenvalue weighted by Gasteiger charge is -2.20. The largest absolute Gasteiger partial charge is 0.246 e. The van der Waals surface area contributed by atoms with Crippen LogP contribution in [0.3, 0.4) is 0 Å². The van der Waals surface area contributed by atoms with E-state index in [0.717, 1.165) is 4.88 Å². The van der Waals surface area contributed by atoms with E-state index in [0.29, 0.717) is 4.34 Å². The second-order valence-corrected chi connectivity index (χ2v) is 8.15. The van der Waals surface area contributed by atoms with E-state index in [4.69, 9.17) is 23.2 Å². The summed E-state index contributed by atoms with van der Waals surface area (Å²) in [4.78, 5) is 4.64. The summed E-state index contributed by atoms with van der Waals surface area (Å²) in [5.74, 6) is 0. The molecule has 0 fully saturated rings. The molecule has 4 nitrogen and oxygen atoms in total. The molecule has 0 spiro atoms. The Morgan fingerprint density at radius 2 is 2.10 bits per heavy atom. The third-order valence-electron chi connectivity index (χ3n) is 2.64. The standard InChI is InChI=1S/C13H12Cl2N2O2S2/c1-2-8-17(9-10-5-6-12(14)20-10)21(18,19)11-4-3-7-16-13(11)15/h2-7H,1,8-9H2. The van der Waals surface area contributed by atoms with E-state index in [1.165, 1.54) is 40.0 Å². The summed E-state index contributed by atoms with van der Waals surface area (Å²) in [6, 6.07) is 6.50. The zero-order valence-corrected chi connectivity index (χ0v) is 14.0. The molecule has 0 unspecified atom stereocenters. The second kappa shape index (κ2) is 6.89. The van der Waals surface area contributed by atoms with Crippen LogP contribution in [0.5, 0.6) is 0 Å². The van der Waals surface area contributed by atoms with Gasteiger partial charge in [-0.2, -0.15) is 4.31 Å². The Kier molecular flexibility index (Phi) is 5.40. The molecule has 2 heterocycles. The fourth-order valence-electron chi connectivity index (χ4n) is 1.70. The van der Waals surface area contributed by atoms with E-state index in [-0.39, 0.29) is 23.1 Å². The molecular weight excluding hydrogens is 351 g/mol. The van der Waals surface area contributed by atoms with E-state index >= 15 is 0 Å². The van der Waals surface area contributed by atoms with Crippen molar-refractivity contribution < 1.29 is 8.42 Å². The molecule has 21 heavy (non-hydrogen) atoms. The van der Waals surface area contributed by atoms with Crippen molar-refractivity contribution in [2.45, 2.75) is 11.4 Å². The van der Waals surface area contributed by atoms with E-state index < -0.39 is 10.0 Å². The smallest absolute Gasteiger partial charge is 0.243 e. The van der Waals surface area contributed by atoms with Crippen molar-refractivity contribution in [1.29, 1.82) is 0 Å². The summed E-state index contributed by atoms with van der Waals surface area (Å²) in [7, 11) is -3.75. The molecule has 2 aromatic heterocycles. The van der Waals surface area contributed by atoms with Crippen LogP contribution in [0.25, 0.3) is 0 Å². The fraction of sp³-hybridized carbons (Fsp3) is 0.154. The maximum absolute atomic E-state index is 12.7. The molecule has 0 aliphatic rings. The summed E-state index contributed by atoms with van der Waals surface area (Å²) >= 11 is 13.1. The Morgan fingerprint density at radius 3 is 2.67 bits per heavy atom. The van der Waals surface area contributed by atoms with Crippen molar-refractivity contribution in [2.24, 2.45) is 0 Å². The Bertz CT molecular complexity index is 744. The minimum atomic E-state index is -3.75. The number of pyridine rings is 1. The molecule has 0 aliphatic heterocycles. The quantitative estimate of drug-likeness (QED) is 0.579. The molecule has 2 aromatic rings. The van der Waals surface area contributed by atoms with Crippen molar-refractivity contribution in [2.75, 3.05) is 6.54 Å². The Morgan fingerprint density at radius 1 is 1.33 bits per heavy atom. The molecule has 112 valence electrons. The normalized spacial score (nSPS) is 11.8. The molecule has 8 heteroatoms. The lowest BCUT2D eigenvalue weighted by Crippen LogP contribution is -2.30. The number of sulfonamides is 1. The number of rotatable bonds is 6. The molecule has 0 saturated heterocycles. The van der Waals surface area contributed by atoms with Crippen LogP contribution >= 0.6 is 34.5 Å². The van der Waals surface area contributed by atoms with Gasteiger partial charge in [-0.3, -0.25) is 0 Å². The first-order chi connectivity index (χ1) is 9.95. The third-order valence-corrected chi connectivity index (χ3v) is 6.11. The van der Waals surface area contributed by atoms with Gasteiger partial charge in [0.2, 0.25) is 10.0 Å². The summed E-state index contributed by atoms with van der Waals surface area (Å²) in [6.45, 7) is 3.97. The van der Waals surface area contributed by atoms with Crippen molar-refractivity contribution in [3.05, 3.63) is 57.5 Å². The average molecular weight is 363 g/mol. The first kappa shape index (κ1) is 16.5. The molecular formula is C13H12Cl2N2O2S2. The molecule has 0 aliphatic carbocycles. The third kappa shape index (κ3) is 3.84. The van der Waals surface area contributed by atoms with Gasteiger partial charge in [-0.25, -0.2) is 13.4 Å². The van der Waals surface area contributed by atoms with Crippen LogP contribution in [0.2, 0.25) is 9.49 Å². The van der Waals surface area contributed by atoms with E-state index in [1.54, 1.807) is 12.1 Å². The molecule has 0 atom stereocenters. The topological polar surface area (TPSA) is 50.3 Å². The predicted molar refractivity (Wildman–Crippen MR) is 86.4 cm³/mol. The van der Waals surface area contributed by atoms with E-state index in [9.17, 15) is 8.42 Å². The first-order valence-electron chi connectivity index (χ1n) is 5.91. The van der Waals surface area contributed by atoms with Crippen LogP contribution in [0, 0.1) is 0 Å². The Balaban J connectivity index is 2.37. The van der Waals surface area contributed by atoms with Crippen LogP contribution in [0.1, 0.15) is 4.88 Å². The van der Waals surface area contributed by atoms with Crippen molar-refractivity contribution in [1.82, 2.24) is 9.29 Å². The summed E-state index contributed by atoms with van der Waals surface area (Å²) < 4.78 is 27.3. The van der Waals surface area contributed by atoms with Gasteiger partial charge in [0.05, 0.1) is 4.34 Å². The van der Waals surface area contributed by atoms with Crippen molar-refractivity contribution in [3.8, 4) is 0 Å². The maximum atomic E-state index is 12.7. The van der Waals surface area contributed by atoms with Gasteiger partial charge in [0.25, 0.3) is 0 Å². The van der Waals surface area contributed by atoms with Gasteiger partial charge in [0, 0.05) is 24.2 Å². The van der Waals surface area contributed by atoms with Gasteiger partial charge in [-0.15, -0.1) is 17.9 Å². The molecule has 2 rings (SSSR count). The molecule has 0 aromatic carbocycles. The minimum Gasteiger partial charge on any atom is -0.243 e.